The van der Waals surface area contributed by atoms with Crippen LogP contribution in [0.2, 0.25) is 0 Å². The molecule has 0 aliphatic rings. The molecule has 3 nitrogen and oxygen atoms in total. The average Bonchev–Trinajstić information content (AvgIpc) is 2.43. The predicted molar refractivity (Wildman–Crippen MR) is 89.3 cm³/mol. The summed E-state index contributed by atoms with van der Waals surface area (Å²) in [6.45, 7) is 6.38. The Morgan fingerprint density at radius 1 is 0.810 bits per heavy atom. The van der Waals surface area contributed by atoms with Gasteiger partial charge in [-0.25, -0.2) is 0 Å². The molecule has 0 aromatic heterocycles. The van der Waals surface area contributed by atoms with Crippen molar-refractivity contribution < 1.29 is 13.0 Å². The first-order chi connectivity index (χ1) is 9.91. The van der Waals surface area contributed by atoms with E-state index in [4.69, 9.17) is 4.55 Å². The van der Waals surface area contributed by atoms with Crippen molar-refractivity contribution in [2.24, 2.45) is 0 Å². The minimum Gasteiger partial charge on any atom is -0.282 e. The van der Waals surface area contributed by atoms with Crippen LogP contribution < -0.4 is 0 Å². The SMILES string of the molecule is CCCCCCCCCC.Cc1ccc(S(=O)(=O)O)cc1. The Kier molecular flexibility index (Phi) is 11.3. The first-order valence-electron chi connectivity index (χ1n) is 7.96. The van der Waals surface area contributed by atoms with Crippen LogP contribution >= 0.6 is 0 Å². The van der Waals surface area contributed by atoms with Crippen LogP contribution in [0.5, 0.6) is 0 Å². The Hall–Kier alpha value is -0.870. The molecule has 21 heavy (non-hydrogen) atoms. The van der Waals surface area contributed by atoms with E-state index in [1.807, 2.05) is 6.92 Å². The third kappa shape index (κ3) is 11.5. The summed E-state index contributed by atoms with van der Waals surface area (Å²) in [7, 11) is -4.02. The summed E-state index contributed by atoms with van der Waals surface area (Å²) in [5.41, 5.74) is 0.956. The summed E-state index contributed by atoms with van der Waals surface area (Å²) in [6.07, 6.45) is 11.5. The molecular weight excluding hydrogens is 284 g/mol. The van der Waals surface area contributed by atoms with Crippen LogP contribution in [0.4, 0.5) is 0 Å². The fourth-order valence-corrected chi connectivity index (χ4v) is 2.40. The highest BCUT2D eigenvalue weighted by atomic mass is 32.2. The molecule has 0 heterocycles. The zero-order valence-electron chi connectivity index (χ0n) is 13.6. The maximum Gasteiger partial charge on any atom is 0.294 e. The van der Waals surface area contributed by atoms with Crippen LogP contribution in [-0.2, 0) is 10.1 Å². The Morgan fingerprint density at radius 3 is 1.52 bits per heavy atom. The van der Waals surface area contributed by atoms with Crippen molar-refractivity contribution in [1.29, 1.82) is 0 Å². The van der Waals surface area contributed by atoms with Crippen molar-refractivity contribution in [1.82, 2.24) is 0 Å². The molecule has 0 atom stereocenters. The van der Waals surface area contributed by atoms with Crippen LogP contribution in [-0.4, -0.2) is 13.0 Å². The van der Waals surface area contributed by atoms with Gasteiger partial charge in [-0.1, -0.05) is 82.9 Å². The largest absolute Gasteiger partial charge is 0.294 e. The van der Waals surface area contributed by atoms with Crippen molar-refractivity contribution >= 4 is 10.1 Å². The van der Waals surface area contributed by atoms with Crippen molar-refractivity contribution in [2.45, 2.75) is 77.0 Å². The van der Waals surface area contributed by atoms with Gasteiger partial charge >= 0.3 is 0 Å². The summed E-state index contributed by atoms with van der Waals surface area (Å²) >= 11 is 0. The summed E-state index contributed by atoms with van der Waals surface area (Å²) < 4.78 is 29.6. The third-order valence-electron chi connectivity index (χ3n) is 3.28. The van der Waals surface area contributed by atoms with E-state index in [0.29, 0.717) is 0 Å². The second kappa shape index (κ2) is 11.8. The fraction of sp³-hybridized carbons (Fsp3) is 0.647. The first kappa shape index (κ1) is 20.1. The molecule has 122 valence electrons. The number of hydrogen-bond acceptors (Lipinski definition) is 2. The number of benzene rings is 1. The highest BCUT2D eigenvalue weighted by Crippen LogP contribution is 2.08. The van der Waals surface area contributed by atoms with Crippen molar-refractivity contribution in [2.75, 3.05) is 0 Å². The highest BCUT2D eigenvalue weighted by Gasteiger charge is 2.06. The van der Waals surface area contributed by atoms with Crippen LogP contribution in [0.1, 0.15) is 70.8 Å². The first-order valence-corrected chi connectivity index (χ1v) is 9.40. The van der Waals surface area contributed by atoms with Crippen LogP contribution in [0, 0.1) is 6.92 Å². The van der Waals surface area contributed by atoms with Gasteiger partial charge in [-0.3, -0.25) is 4.55 Å². The van der Waals surface area contributed by atoms with Crippen molar-refractivity contribution in [3.8, 4) is 0 Å². The van der Waals surface area contributed by atoms with Crippen molar-refractivity contribution in [3.05, 3.63) is 29.8 Å². The monoisotopic (exact) mass is 314 g/mol. The quantitative estimate of drug-likeness (QED) is 0.517. The minimum atomic E-state index is -4.02. The van der Waals surface area contributed by atoms with Gasteiger partial charge in [0.2, 0.25) is 0 Å². The lowest BCUT2D eigenvalue weighted by molar-refractivity contribution is 0.483. The maximum atomic E-state index is 10.5. The Labute approximate surface area is 130 Å². The van der Waals surface area contributed by atoms with Gasteiger partial charge in [0.1, 0.15) is 0 Å². The lowest BCUT2D eigenvalue weighted by Crippen LogP contribution is -1.96. The lowest BCUT2D eigenvalue weighted by atomic mass is 10.1. The molecule has 0 saturated carbocycles. The molecule has 1 rings (SSSR count). The van der Waals surface area contributed by atoms with E-state index in [2.05, 4.69) is 13.8 Å². The minimum absolute atomic E-state index is 0.0666. The molecule has 1 N–H and O–H groups in total. The van der Waals surface area contributed by atoms with E-state index < -0.39 is 10.1 Å². The molecule has 0 amide bonds. The van der Waals surface area contributed by atoms with Gasteiger partial charge in [0.15, 0.2) is 0 Å². The molecule has 0 fully saturated rings. The molecule has 0 radical (unpaired) electrons. The second-order valence-corrected chi connectivity index (χ2v) is 6.83. The Balaban J connectivity index is 0.000000384. The standard InChI is InChI=1S/C10H22.C7H8O3S/c1-3-5-7-9-10-8-6-4-2;1-6-2-4-7(5-3-6)11(8,9)10/h3-10H2,1-2H3;2-5H,1H3,(H,8,9,10). The smallest absolute Gasteiger partial charge is 0.282 e. The van der Waals surface area contributed by atoms with E-state index in [-0.39, 0.29) is 4.90 Å². The molecule has 0 spiro atoms. The molecule has 0 aliphatic carbocycles. The van der Waals surface area contributed by atoms with E-state index in [1.54, 1.807) is 12.1 Å². The van der Waals surface area contributed by atoms with E-state index in [9.17, 15) is 8.42 Å². The summed E-state index contributed by atoms with van der Waals surface area (Å²) in [4.78, 5) is -0.0666. The number of hydrogen-bond donors (Lipinski definition) is 1. The van der Waals surface area contributed by atoms with Gasteiger partial charge in [-0.2, -0.15) is 8.42 Å². The van der Waals surface area contributed by atoms with Gasteiger partial charge in [-0.15, -0.1) is 0 Å². The zero-order valence-corrected chi connectivity index (χ0v) is 14.5. The molecule has 0 aliphatic heterocycles. The van der Waals surface area contributed by atoms with Crippen LogP contribution in [0.15, 0.2) is 29.2 Å². The fourth-order valence-electron chi connectivity index (χ4n) is 1.92. The number of aryl methyl sites for hydroxylation is 1. The number of unbranched alkanes of at least 4 members (excludes halogenated alkanes) is 7. The molecule has 0 unspecified atom stereocenters. The van der Waals surface area contributed by atoms with E-state index >= 15 is 0 Å². The average molecular weight is 314 g/mol. The second-order valence-electron chi connectivity index (χ2n) is 5.41. The molecule has 1 aromatic carbocycles. The van der Waals surface area contributed by atoms with Crippen LogP contribution in [0.25, 0.3) is 0 Å². The Bertz CT molecular complexity index is 441. The molecule has 0 bridgehead atoms. The molecular formula is C17H30O3S. The van der Waals surface area contributed by atoms with Crippen LogP contribution in [0.3, 0.4) is 0 Å². The molecule has 0 saturated heterocycles. The topological polar surface area (TPSA) is 54.4 Å². The van der Waals surface area contributed by atoms with E-state index in [1.165, 1.54) is 63.5 Å². The Morgan fingerprint density at radius 2 is 1.19 bits per heavy atom. The summed E-state index contributed by atoms with van der Waals surface area (Å²) in [5, 5.41) is 0. The zero-order chi connectivity index (χ0) is 16.1. The predicted octanol–water partition coefficient (Wildman–Crippen LogP) is 5.39. The highest BCUT2D eigenvalue weighted by molar-refractivity contribution is 7.85. The van der Waals surface area contributed by atoms with Gasteiger partial charge in [0.25, 0.3) is 10.1 Å². The van der Waals surface area contributed by atoms with Gasteiger partial charge in [0, 0.05) is 0 Å². The number of rotatable bonds is 8. The lowest BCUT2D eigenvalue weighted by Gasteiger charge is -1.97. The third-order valence-corrected chi connectivity index (χ3v) is 4.14. The van der Waals surface area contributed by atoms with Gasteiger partial charge in [-0.05, 0) is 19.1 Å². The van der Waals surface area contributed by atoms with Crippen molar-refractivity contribution in [3.63, 3.8) is 0 Å². The normalized spacial score (nSPS) is 10.9. The van der Waals surface area contributed by atoms with Gasteiger partial charge < -0.3 is 0 Å². The maximum absolute atomic E-state index is 10.5. The van der Waals surface area contributed by atoms with E-state index in [0.717, 1.165) is 5.56 Å². The van der Waals surface area contributed by atoms with Gasteiger partial charge in [0.05, 0.1) is 4.90 Å². The summed E-state index contributed by atoms with van der Waals surface area (Å²) in [5.74, 6) is 0. The molecule has 4 heteroatoms. The molecule has 1 aromatic rings. The summed E-state index contributed by atoms with van der Waals surface area (Å²) in [6, 6.07) is 5.99.